The van der Waals surface area contributed by atoms with Crippen LogP contribution < -0.4 is 20.1 Å². The number of ether oxygens (including phenoxy) is 4. The number of alkyl carbamates (subject to hydrolysis) is 2. The lowest BCUT2D eigenvalue weighted by Gasteiger charge is -2.24. The molecular formula is C22H33N3O10S2. The third kappa shape index (κ3) is 11.7. The van der Waals surface area contributed by atoms with Crippen LogP contribution in [0.2, 0.25) is 0 Å². The Hall–Kier alpha value is -3.07. The van der Waals surface area contributed by atoms with E-state index in [1.54, 1.807) is 20.8 Å². The number of rotatable bonds is 14. The van der Waals surface area contributed by atoms with Gasteiger partial charge in [-0.05, 0) is 45.9 Å². The molecule has 3 N–H and O–H groups in total. The third-order valence-electron chi connectivity index (χ3n) is 4.60. The zero-order chi connectivity index (χ0) is 28.2. The van der Waals surface area contributed by atoms with Crippen molar-refractivity contribution in [2.24, 2.45) is 0 Å². The van der Waals surface area contributed by atoms with Crippen LogP contribution in [0.15, 0.2) is 12.1 Å². The van der Waals surface area contributed by atoms with Gasteiger partial charge >= 0.3 is 18.2 Å². The van der Waals surface area contributed by atoms with Gasteiger partial charge in [0.25, 0.3) is 5.69 Å². The van der Waals surface area contributed by atoms with Gasteiger partial charge in [0, 0.05) is 11.8 Å². The largest absolute Gasteiger partial charge is 0.493 e. The summed E-state index contributed by atoms with van der Waals surface area (Å²) < 4.78 is 20.5. The molecule has 0 bridgehead atoms. The van der Waals surface area contributed by atoms with Crippen LogP contribution in [0.5, 0.6) is 11.5 Å². The van der Waals surface area contributed by atoms with Gasteiger partial charge in [-0.25, -0.2) is 14.4 Å². The summed E-state index contributed by atoms with van der Waals surface area (Å²) in [5.74, 6) is -0.793. The highest BCUT2D eigenvalue weighted by atomic mass is 33.1. The van der Waals surface area contributed by atoms with Gasteiger partial charge in [-0.2, -0.15) is 0 Å². The van der Waals surface area contributed by atoms with E-state index in [0.29, 0.717) is 6.42 Å². The highest BCUT2D eigenvalue weighted by molar-refractivity contribution is 8.76. The Morgan fingerprint density at radius 2 is 1.76 bits per heavy atom. The first-order valence-corrected chi connectivity index (χ1v) is 13.6. The molecule has 0 fully saturated rings. The van der Waals surface area contributed by atoms with E-state index in [9.17, 15) is 29.6 Å². The molecule has 0 radical (unpaired) electrons. The maximum Gasteiger partial charge on any atom is 0.408 e. The summed E-state index contributed by atoms with van der Waals surface area (Å²) in [5.41, 5.74) is -0.951. The van der Waals surface area contributed by atoms with Gasteiger partial charge in [0.2, 0.25) is 0 Å². The number of carbonyl (C=O) groups is 3. The molecule has 1 aromatic rings. The summed E-state index contributed by atoms with van der Waals surface area (Å²) in [4.78, 5) is 46.6. The maximum atomic E-state index is 12.2. The van der Waals surface area contributed by atoms with E-state index in [2.05, 4.69) is 10.6 Å². The van der Waals surface area contributed by atoms with E-state index in [1.807, 2.05) is 6.26 Å². The summed E-state index contributed by atoms with van der Waals surface area (Å²) in [6.45, 7) is 4.77. The molecule has 2 atom stereocenters. The molecular weight excluding hydrogens is 530 g/mol. The van der Waals surface area contributed by atoms with Crippen molar-refractivity contribution >= 4 is 45.4 Å². The van der Waals surface area contributed by atoms with Crippen molar-refractivity contribution in [1.82, 2.24) is 10.6 Å². The second-order valence-corrected chi connectivity index (χ2v) is 11.3. The summed E-state index contributed by atoms with van der Waals surface area (Å²) >= 11 is 0. The van der Waals surface area contributed by atoms with Crippen molar-refractivity contribution in [3.63, 3.8) is 0 Å². The van der Waals surface area contributed by atoms with Crippen molar-refractivity contribution in [2.45, 2.75) is 57.1 Å². The van der Waals surface area contributed by atoms with Crippen molar-refractivity contribution in [1.29, 1.82) is 0 Å². The molecule has 0 saturated carbocycles. The van der Waals surface area contributed by atoms with Crippen LogP contribution in [-0.4, -0.2) is 72.1 Å². The molecule has 13 nitrogen and oxygen atoms in total. The number of carbonyl (C=O) groups excluding carboxylic acids is 2. The number of carboxylic acid groups (broad SMARTS) is 1. The summed E-state index contributed by atoms with van der Waals surface area (Å²) in [7, 11) is 5.55. The molecule has 208 valence electrons. The van der Waals surface area contributed by atoms with Crippen molar-refractivity contribution in [3.8, 4) is 11.5 Å². The molecule has 0 aliphatic heterocycles. The van der Waals surface area contributed by atoms with Crippen molar-refractivity contribution in [2.75, 3.05) is 27.0 Å². The second-order valence-electron chi connectivity index (χ2n) is 8.54. The monoisotopic (exact) mass is 563 g/mol. The second kappa shape index (κ2) is 15.2. The van der Waals surface area contributed by atoms with Gasteiger partial charge in [-0.1, -0.05) is 21.6 Å². The smallest absolute Gasteiger partial charge is 0.408 e. The molecule has 0 unspecified atom stereocenters. The fourth-order valence-electron chi connectivity index (χ4n) is 3.00. The fraction of sp³-hybridized carbons (Fsp3) is 0.591. The van der Waals surface area contributed by atoms with E-state index >= 15 is 0 Å². The molecule has 0 saturated heterocycles. The zero-order valence-electron chi connectivity index (χ0n) is 21.5. The number of aliphatic carboxylic acids is 1. The Kier molecular flexibility index (Phi) is 13.2. The number of nitro benzene ring substituents is 1. The minimum absolute atomic E-state index is 0.0919. The quantitative estimate of drug-likeness (QED) is 0.169. The first-order chi connectivity index (χ1) is 17.3. The number of carboxylic acids is 1. The predicted octanol–water partition coefficient (Wildman–Crippen LogP) is 3.98. The minimum Gasteiger partial charge on any atom is -0.493 e. The molecule has 0 aliphatic rings. The average Bonchev–Trinajstić information content (AvgIpc) is 2.80. The van der Waals surface area contributed by atoms with Crippen LogP contribution in [-0.2, 0) is 20.9 Å². The van der Waals surface area contributed by atoms with E-state index in [0.717, 1.165) is 0 Å². The molecule has 0 heterocycles. The number of hydrogen-bond donors (Lipinski definition) is 3. The van der Waals surface area contributed by atoms with E-state index < -0.39 is 34.7 Å². The number of methoxy groups -OCH3 is 2. The van der Waals surface area contributed by atoms with Gasteiger partial charge in [0.15, 0.2) is 11.5 Å². The lowest BCUT2D eigenvalue weighted by Crippen LogP contribution is -2.45. The standard InChI is InChI=1S/C22H33N3O10S2/c1-22(2,3)35-21(29)24-15(19(26)27)10-14(37-36-6)7-8-23-20(28)34-12-13-9-17(32-4)18(33-5)11-16(13)25(30)31/h9,11,14-15H,7-8,10,12H2,1-6H3,(H,23,28)(H,24,29)(H,26,27)/t14-,15-/m0/s1. The van der Waals surface area contributed by atoms with Crippen molar-refractivity contribution < 1.29 is 43.4 Å². The summed E-state index contributed by atoms with van der Waals surface area (Å²) in [6.07, 6.45) is 0.648. The summed E-state index contributed by atoms with van der Waals surface area (Å²) in [6, 6.07) is 1.36. The molecule has 1 aromatic carbocycles. The fourth-order valence-corrected chi connectivity index (χ4v) is 5.10. The molecule has 1 rings (SSSR count). The zero-order valence-corrected chi connectivity index (χ0v) is 23.2. The third-order valence-corrected chi connectivity index (χ3v) is 6.88. The maximum absolute atomic E-state index is 12.2. The lowest BCUT2D eigenvalue weighted by molar-refractivity contribution is -0.385. The topological polar surface area (TPSA) is 176 Å². The average molecular weight is 564 g/mol. The number of amides is 2. The number of nitro groups is 1. The van der Waals surface area contributed by atoms with E-state index in [1.165, 1.54) is 47.9 Å². The van der Waals surface area contributed by atoms with Crippen LogP contribution in [0.3, 0.4) is 0 Å². The van der Waals surface area contributed by atoms with E-state index in [-0.39, 0.29) is 47.6 Å². The van der Waals surface area contributed by atoms with Crippen LogP contribution in [0.25, 0.3) is 0 Å². The normalized spacial score (nSPS) is 12.6. The minimum atomic E-state index is -1.21. The Balaban J connectivity index is 2.70. The van der Waals surface area contributed by atoms with Crippen LogP contribution in [0, 0.1) is 10.1 Å². The van der Waals surface area contributed by atoms with Gasteiger partial charge in [0.05, 0.1) is 30.8 Å². The van der Waals surface area contributed by atoms with Gasteiger partial charge in [-0.15, -0.1) is 0 Å². The number of nitrogens with one attached hydrogen (secondary N) is 2. The molecule has 15 heteroatoms. The molecule has 0 aliphatic carbocycles. The number of benzene rings is 1. The first kappa shape index (κ1) is 32.0. The van der Waals surface area contributed by atoms with Crippen LogP contribution >= 0.6 is 21.6 Å². The van der Waals surface area contributed by atoms with Gasteiger partial charge in [0.1, 0.15) is 18.2 Å². The van der Waals surface area contributed by atoms with Gasteiger partial charge < -0.3 is 34.7 Å². The number of nitrogens with zero attached hydrogens (tertiary/aromatic N) is 1. The van der Waals surface area contributed by atoms with E-state index in [4.69, 9.17) is 18.9 Å². The Morgan fingerprint density at radius 3 is 2.27 bits per heavy atom. The SMILES string of the molecule is COc1cc(COC(=O)NCC[C@@H](C[C@H](NC(=O)OC(C)(C)C)C(=O)O)SSC)c([N+](=O)[O-])cc1OC. The highest BCUT2D eigenvalue weighted by Gasteiger charge is 2.27. The highest BCUT2D eigenvalue weighted by Crippen LogP contribution is 2.35. The van der Waals surface area contributed by atoms with Crippen LogP contribution in [0.1, 0.15) is 39.2 Å². The molecule has 0 aromatic heterocycles. The van der Waals surface area contributed by atoms with Gasteiger partial charge in [-0.3, -0.25) is 10.1 Å². The molecule has 37 heavy (non-hydrogen) atoms. The number of hydrogen-bond acceptors (Lipinski definition) is 11. The molecule has 0 spiro atoms. The predicted molar refractivity (Wildman–Crippen MR) is 139 cm³/mol. The Morgan fingerprint density at radius 1 is 1.14 bits per heavy atom. The molecule has 2 amide bonds. The van der Waals surface area contributed by atoms with Crippen LogP contribution in [0.4, 0.5) is 15.3 Å². The lowest BCUT2D eigenvalue weighted by atomic mass is 10.1. The first-order valence-electron chi connectivity index (χ1n) is 11.0. The van der Waals surface area contributed by atoms with Crippen molar-refractivity contribution in [3.05, 3.63) is 27.8 Å². The Labute approximate surface area is 222 Å². The summed E-state index contributed by atoms with van der Waals surface area (Å²) in [5, 5.41) is 25.6. The Bertz CT molecular complexity index is 955.